The van der Waals surface area contributed by atoms with Gasteiger partial charge in [-0.2, -0.15) is 0 Å². The molecule has 0 radical (unpaired) electrons. The zero-order valence-electron chi connectivity index (χ0n) is 17.1. The number of nitrogens with two attached hydrogens (primary N) is 1. The molecular formula is C26H19N3O3. The molecule has 4 aromatic rings. The second-order valence-corrected chi connectivity index (χ2v) is 7.50. The number of carbonyl (C=O) groups is 2. The average Bonchev–Trinajstić information content (AvgIpc) is 3.06. The lowest BCUT2D eigenvalue weighted by molar-refractivity contribution is 0.0642. The molecular weight excluding hydrogens is 402 g/mol. The highest BCUT2D eigenvalue weighted by Crippen LogP contribution is 2.28. The summed E-state index contributed by atoms with van der Waals surface area (Å²) < 4.78 is 5.74. The molecule has 0 unspecified atom stereocenters. The minimum Gasteiger partial charge on any atom is -0.439 e. The maximum absolute atomic E-state index is 12.7. The van der Waals surface area contributed by atoms with Crippen molar-refractivity contribution in [2.75, 3.05) is 5.73 Å². The fraction of sp³-hybridized carbons (Fsp3) is 0.0385. The molecule has 1 aliphatic heterocycles. The lowest BCUT2D eigenvalue weighted by Gasteiger charge is -2.15. The SMILES string of the molecule is Nc1ccc(Oc2ccc(-c3cccc(CN4C(=O)c5ccccc5C4=O)c3)cc2)nc1. The first kappa shape index (κ1) is 19.5. The van der Waals surface area contributed by atoms with Crippen molar-refractivity contribution in [1.29, 1.82) is 0 Å². The third-order valence-electron chi connectivity index (χ3n) is 5.32. The van der Waals surface area contributed by atoms with Crippen LogP contribution in [0.4, 0.5) is 5.69 Å². The first-order valence-corrected chi connectivity index (χ1v) is 10.1. The van der Waals surface area contributed by atoms with Gasteiger partial charge in [0.1, 0.15) is 5.75 Å². The van der Waals surface area contributed by atoms with Gasteiger partial charge in [-0.25, -0.2) is 4.98 Å². The molecule has 5 rings (SSSR count). The summed E-state index contributed by atoms with van der Waals surface area (Å²) in [7, 11) is 0. The minimum atomic E-state index is -0.256. The summed E-state index contributed by atoms with van der Waals surface area (Å²) in [6, 6.07) is 25.8. The van der Waals surface area contributed by atoms with Crippen molar-refractivity contribution in [1.82, 2.24) is 9.88 Å². The highest BCUT2D eigenvalue weighted by Gasteiger charge is 2.34. The Bertz CT molecular complexity index is 1280. The van der Waals surface area contributed by atoms with Crippen LogP contribution in [-0.2, 0) is 6.54 Å². The summed E-state index contributed by atoms with van der Waals surface area (Å²) in [6.45, 7) is 0.226. The van der Waals surface area contributed by atoms with E-state index in [2.05, 4.69) is 4.98 Å². The van der Waals surface area contributed by atoms with E-state index in [1.165, 1.54) is 4.90 Å². The predicted molar refractivity (Wildman–Crippen MR) is 121 cm³/mol. The van der Waals surface area contributed by atoms with E-state index in [0.29, 0.717) is 28.4 Å². The molecule has 6 heteroatoms. The molecule has 0 bridgehead atoms. The Morgan fingerprint density at radius 1 is 0.781 bits per heavy atom. The quantitative estimate of drug-likeness (QED) is 0.462. The van der Waals surface area contributed by atoms with Gasteiger partial charge >= 0.3 is 0 Å². The zero-order valence-corrected chi connectivity index (χ0v) is 17.1. The molecule has 2 N–H and O–H groups in total. The van der Waals surface area contributed by atoms with Crippen molar-refractivity contribution in [2.24, 2.45) is 0 Å². The number of nitrogens with zero attached hydrogens (tertiary/aromatic N) is 2. The van der Waals surface area contributed by atoms with E-state index in [9.17, 15) is 9.59 Å². The van der Waals surface area contributed by atoms with E-state index in [4.69, 9.17) is 10.5 Å². The Labute approximate surface area is 184 Å². The van der Waals surface area contributed by atoms with Gasteiger partial charge in [0.25, 0.3) is 11.8 Å². The predicted octanol–water partition coefficient (Wildman–Crippen LogP) is 4.92. The number of benzene rings is 3. The fourth-order valence-corrected chi connectivity index (χ4v) is 3.70. The van der Waals surface area contributed by atoms with Gasteiger partial charge in [0.2, 0.25) is 5.88 Å². The van der Waals surface area contributed by atoms with Gasteiger partial charge in [0.05, 0.1) is 29.6 Å². The first-order valence-electron chi connectivity index (χ1n) is 10.1. The highest BCUT2D eigenvalue weighted by atomic mass is 16.5. The summed E-state index contributed by atoms with van der Waals surface area (Å²) in [5.74, 6) is 0.616. The maximum atomic E-state index is 12.7. The monoisotopic (exact) mass is 421 g/mol. The van der Waals surface area contributed by atoms with Crippen molar-refractivity contribution < 1.29 is 14.3 Å². The van der Waals surface area contributed by atoms with Crippen molar-refractivity contribution in [3.8, 4) is 22.8 Å². The molecule has 32 heavy (non-hydrogen) atoms. The van der Waals surface area contributed by atoms with E-state index in [1.54, 1.807) is 42.6 Å². The van der Waals surface area contributed by atoms with Gasteiger partial charge in [0.15, 0.2) is 0 Å². The van der Waals surface area contributed by atoms with E-state index < -0.39 is 0 Å². The van der Waals surface area contributed by atoms with E-state index in [1.807, 2.05) is 48.5 Å². The molecule has 1 aliphatic rings. The largest absolute Gasteiger partial charge is 0.439 e. The van der Waals surface area contributed by atoms with Crippen LogP contribution in [0.15, 0.2) is 91.1 Å². The summed E-state index contributed by atoms with van der Waals surface area (Å²) in [4.78, 5) is 30.7. The summed E-state index contributed by atoms with van der Waals surface area (Å²) in [6.07, 6.45) is 1.55. The Morgan fingerprint density at radius 3 is 2.16 bits per heavy atom. The molecule has 156 valence electrons. The number of ether oxygens (including phenoxy) is 1. The minimum absolute atomic E-state index is 0.226. The van der Waals surface area contributed by atoms with Crippen LogP contribution in [0.3, 0.4) is 0 Å². The van der Waals surface area contributed by atoms with Crippen molar-refractivity contribution in [2.45, 2.75) is 6.54 Å². The van der Waals surface area contributed by atoms with Crippen LogP contribution in [0.1, 0.15) is 26.3 Å². The number of hydrogen-bond acceptors (Lipinski definition) is 5. The van der Waals surface area contributed by atoms with Crippen LogP contribution in [0.25, 0.3) is 11.1 Å². The van der Waals surface area contributed by atoms with Crippen LogP contribution in [0.2, 0.25) is 0 Å². The lowest BCUT2D eigenvalue weighted by Crippen LogP contribution is -2.29. The molecule has 0 aliphatic carbocycles. The standard InChI is InChI=1S/C26H19N3O3/c27-20-10-13-24(28-15-20)32-21-11-8-18(9-12-21)19-5-3-4-17(14-19)16-29-25(30)22-6-1-2-7-23(22)26(29)31/h1-15H,16,27H2. The lowest BCUT2D eigenvalue weighted by atomic mass is 10.0. The molecule has 6 nitrogen and oxygen atoms in total. The van der Waals surface area contributed by atoms with Crippen LogP contribution < -0.4 is 10.5 Å². The molecule has 3 aromatic carbocycles. The number of nitrogen functional groups attached to an aromatic ring is 1. The second-order valence-electron chi connectivity index (χ2n) is 7.50. The number of aromatic nitrogens is 1. The third-order valence-corrected chi connectivity index (χ3v) is 5.32. The topological polar surface area (TPSA) is 85.5 Å². The molecule has 0 fully saturated rings. The number of carbonyl (C=O) groups excluding carboxylic acids is 2. The normalized spacial score (nSPS) is 12.7. The zero-order chi connectivity index (χ0) is 22.1. The van der Waals surface area contributed by atoms with Crippen LogP contribution in [0, 0.1) is 0 Å². The second kappa shape index (κ2) is 8.00. The van der Waals surface area contributed by atoms with E-state index in [-0.39, 0.29) is 18.4 Å². The Balaban J connectivity index is 1.33. The summed E-state index contributed by atoms with van der Waals surface area (Å²) in [5.41, 5.74) is 9.99. The molecule has 0 atom stereocenters. The number of imide groups is 1. The molecule has 2 amide bonds. The molecule has 0 saturated heterocycles. The number of pyridine rings is 1. The number of hydrogen-bond donors (Lipinski definition) is 1. The van der Waals surface area contributed by atoms with Crippen LogP contribution in [-0.4, -0.2) is 21.7 Å². The number of fused-ring (bicyclic) bond motifs is 1. The van der Waals surface area contributed by atoms with Gasteiger partial charge in [-0.1, -0.05) is 42.5 Å². The van der Waals surface area contributed by atoms with Crippen molar-refractivity contribution in [3.63, 3.8) is 0 Å². The number of anilines is 1. The smallest absolute Gasteiger partial charge is 0.261 e. The maximum Gasteiger partial charge on any atom is 0.261 e. The van der Waals surface area contributed by atoms with E-state index >= 15 is 0 Å². The van der Waals surface area contributed by atoms with Crippen molar-refractivity contribution in [3.05, 3.63) is 108 Å². The van der Waals surface area contributed by atoms with E-state index in [0.717, 1.165) is 16.7 Å². The molecule has 0 spiro atoms. The Morgan fingerprint density at radius 2 is 1.50 bits per heavy atom. The molecule has 2 heterocycles. The number of rotatable bonds is 5. The van der Waals surface area contributed by atoms with Crippen LogP contribution in [0.5, 0.6) is 11.6 Å². The van der Waals surface area contributed by atoms with Gasteiger partial charge in [-0.05, 0) is 53.1 Å². The third kappa shape index (κ3) is 3.70. The average molecular weight is 421 g/mol. The van der Waals surface area contributed by atoms with Gasteiger partial charge in [-0.3, -0.25) is 14.5 Å². The molecule has 1 aromatic heterocycles. The fourth-order valence-electron chi connectivity index (χ4n) is 3.70. The van der Waals surface area contributed by atoms with Crippen LogP contribution >= 0.6 is 0 Å². The Kier molecular flexibility index (Phi) is 4.88. The van der Waals surface area contributed by atoms with Crippen molar-refractivity contribution >= 4 is 17.5 Å². The summed E-state index contributed by atoms with van der Waals surface area (Å²) in [5, 5.41) is 0. The Hall–Kier alpha value is -4.45. The highest BCUT2D eigenvalue weighted by molar-refractivity contribution is 6.21. The van der Waals surface area contributed by atoms with Gasteiger partial charge in [0, 0.05) is 6.07 Å². The summed E-state index contributed by atoms with van der Waals surface area (Å²) >= 11 is 0. The molecule has 0 saturated carbocycles. The first-order chi connectivity index (χ1) is 15.6. The van der Waals surface area contributed by atoms with Gasteiger partial charge < -0.3 is 10.5 Å². The number of amides is 2. The van der Waals surface area contributed by atoms with Gasteiger partial charge in [-0.15, -0.1) is 0 Å².